The summed E-state index contributed by atoms with van der Waals surface area (Å²) >= 11 is 0. The number of hydrogen-bond acceptors (Lipinski definition) is 7. The normalized spacial score (nSPS) is 48.7. The SMILES string of the molecule is C=C1[C@@H](O)C[C@H]2[C@@H](C)[C@H](OC(C)=O)[C@H](O)[C@@H]3[C@]4(CC[C@]3(C(C)C)O[C@H]4OC(C)=O)C[C@@H]12. The number of esters is 2. The second-order valence-electron chi connectivity index (χ2n) is 10.6. The summed E-state index contributed by atoms with van der Waals surface area (Å²) < 4.78 is 17.9. The van der Waals surface area contributed by atoms with Crippen LogP contribution in [0.2, 0.25) is 0 Å². The van der Waals surface area contributed by atoms with Crippen LogP contribution in [0, 0.1) is 35.0 Å². The van der Waals surface area contributed by atoms with Crippen molar-refractivity contribution in [2.45, 2.75) is 90.5 Å². The van der Waals surface area contributed by atoms with Crippen LogP contribution in [0.3, 0.4) is 0 Å². The summed E-state index contributed by atoms with van der Waals surface area (Å²) in [5.74, 6) is -1.34. The van der Waals surface area contributed by atoms with Gasteiger partial charge in [-0.25, -0.2) is 0 Å². The van der Waals surface area contributed by atoms with Crippen LogP contribution in [-0.2, 0) is 23.8 Å². The molecule has 7 nitrogen and oxygen atoms in total. The van der Waals surface area contributed by atoms with Crippen LogP contribution in [0.4, 0.5) is 0 Å². The first-order valence-electron chi connectivity index (χ1n) is 11.5. The first kappa shape index (κ1) is 22.7. The molecular formula is C24H36O7. The summed E-state index contributed by atoms with van der Waals surface area (Å²) in [6, 6.07) is 0. The molecule has 2 N–H and O–H groups in total. The zero-order valence-corrected chi connectivity index (χ0v) is 19.2. The van der Waals surface area contributed by atoms with E-state index in [1.54, 1.807) is 0 Å². The van der Waals surface area contributed by atoms with E-state index in [1.807, 2.05) is 6.92 Å². The van der Waals surface area contributed by atoms with Gasteiger partial charge in [0.1, 0.15) is 6.10 Å². The monoisotopic (exact) mass is 436 g/mol. The number of carbonyl (C=O) groups is 2. The van der Waals surface area contributed by atoms with E-state index in [9.17, 15) is 19.8 Å². The number of rotatable bonds is 3. The molecule has 0 spiro atoms. The second-order valence-corrected chi connectivity index (χ2v) is 10.6. The topological polar surface area (TPSA) is 102 Å². The van der Waals surface area contributed by atoms with E-state index in [0.29, 0.717) is 12.8 Å². The van der Waals surface area contributed by atoms with E-state index in [1.165, 1.54) is 13.8 Å². The van der Waals surface area contributed by atoms with Crippen LogP contribution >= 0.6 is 0 Å². The maximum Gasteiger partial charge on any atom is 0.304 e. The molecule has 0 unspecified atom stereocenters. The van der Waals surface area contributed by atoms with Crippen LogP contribution in [-0.4, -0.2) is 52.4 Å². The highest BCUT2D eigenvalue weighted by Gasteiger charge is 2.74. The van der Waals surface area contributed by atoms with Gasteiger partial charge in [-0.05, 0) is 54.9 Å². The van der Waals surface area contributed by atoms with Crippen molar-refractivity contribution >= 4 is 11.9 Å². The Balaban J connectivity index is 1.87. The minimum absolute atomic E-state index is 0.00412. The number of ether oxygens (including phenoxy) is 3. The maximum absolute atomic E-state index is 12.0. The third-order valence-corrected chi connectivity index (χ3v) is 8.86. The van der Waals surface area contributed by atoms with Crippen LogP contribution in [0.25, 0.3) is 0 Å². The van der Waals surface area contributed by atoms with Crippen molar-refractivity contribution in [3.8, 4) is 0 Å². The molecule has 3 aliphatic carbocycles. The molecule has 4 aliphatic rings. The lowest BCUT2D eigenvalue weighted by Crippen LogP contribution is -2.55. The highest BCUT2D eigenvalue weighted by atomic mass is 16.7. The van der Waals surface area contributed by atoms with Gasteiger partial charge < -0.3 is 24.4 Å². The quantitative estimate of drug-likeness (QED) is 0.518. The van der Waals surface area contributed by atoms with Crippen LogP contribution in [0.5, 0.6) is 0 Å². The largest absolute Gasteiger partial charge is 0.459 e. The molecule has 0 radical (unpaired) electrons. The zero-order valence-electron chi connectivity index (χ0n) is 19.2. The summed E-state index contributed by atoms with van der Waals surface area (Å²) in [4.78, 5) is 24.0. The van der Waals surface area contributed by atoms with E-state index < -0.39 is 47.6 Å². The van der Waals surface area contributed by atoms with Gasteiger partial charge in [0, 0.05) is 25.2 Å². The van der Waals surface area contributed by atoms with Crippen molar-refractivity contribution in [3.63, 3.8) is 0 Å². The summed E-state index contributed by atoms with van der Waals surface area (Å²) in [6.07, 6.45) is -0.496. The number of aliphatic hydroxyl groups excluding tert-OH is 2. The summed E-state index contributed by atoms with van der Waals surface area (Å²) in [7, 11) is 0. The van der Waals surface area contributed by atoms with E-state index in [-0.39, 0.29) is 29.6 Å². The lowest BCUT2D eigenvalue weighted by molar-refractivity contribution is -0.228. The number of hydrogen-bond donors (Lipinski definition) is 2. The Morgan fingerprint density at radius 1 is 1.16 bits per heavy atom. The van der Waals surface area contributed by atoms with Gasteiger partial charge in [-0.2, -0.15) is 0 Å². The molecule has 3 saturated carbocycles. The third-order valence-electron chi connectivity index (χ3n) is 8.86. The van der Waals surface area contributed by atoms with Gasteiger partial charge in [0.05, 0.1) is 17.8 Å². The van der Waals surface area contributed by atoms with E-state index in [0.717, 1.165) is 18.4 Å². The lowest BCUT2D eigenvalue weighted by Gasteiger charge is -2.47. The van der Waals surface area contributed by atoms with Gasteiger partial charge in [-0.3, -0.25) is 9.59 Å². The van der Waals surface area contributed by atoms with Gasteiger partial charge in [0.2, 0.25) is 6.29 Å². The Hall–Kier alpha value is -1.44. The minimum Gasteiger partial charge on any atom is -0.459 e. The molecule has 10 atom stereocenters. The first-order chi connectivity index (χ1) is 14.4. The van der Waals surface area contributed by atoms with Crippen molar-refractivity contribution in [3.05, 3.63) is 12.2 Å². The molecule has 4 fully saturated rings. The maximum atomic E-state index is 12.0. The van der Waals surface area contributed by atoms with Gasteiger partial charge in [0.15, 0.2) is 0 Å². The molecule has 1 heterocycles. The number of fused-ring (bicyclic) bond motifs is 1. The molecule has 174 valence electrons. The molecule has 1 saturated heterocycles. The summed E-state index contributed by atoms with van der Waals surface area (Å²) in [6.45, 7) is 13.0. The predicted octanol–water partition coefficient (Wildman–Crippen LogP) is 2.58. The highest BCUT2D eigenvalue weighted by Crippen LogP contribution is 2.69. The Morgan fingerprint density at radius 2 is 1.81 bits per heavy atom. The predicted molar refractivity (Wildman–Crippen MR) is 111 cm³/mol. The molecule has 7 heteroatoms. The van der Waals surface area contributed by atoms with Crippen molar-refractivity contribution in [2.75, 3.05) is 0 Å². The molecule has 1 aliphatic heterocycles. The molecular weight excluding hydrogens is 400 g/mol. The van der Waals surface area contributed by atoms with Gasteiger partial charge in [-0.1, -0.05) is 27.4 Å². The molecule has 0 aromatic carbocycles. The smallest absolute Gasteiger partial charge is 0.304 e. The average Bonchev–Trinajstić information content (AvgIpc) is 3.24. The second kappa shape index (κ2) is 7.56. The van der Waals surface area contributed by atoms with Crippen molar-refractivity contribution in [1.29, 1.82) is 0 Å². The van der Waals surface area contributed by atoms with E-state index >= 15 is 0 Å². The van der Waals surface area contributed by atoms with Gasteiger partial charge >= 0.3 is 11.9 Å². The number of carbonyl (C=O) groups excluding carboxylic acids is 2. The van der Waals surface area contributed by atoms with Crippen LogP contribution in [0.1, 0.15) is 60.3 Å². The van der Waals surface area contributed by atoms with Crippen LogP contribution < -0.4 is 0 Å². The molecule has 4 rings (SSSR count). The highest BCUT2D eigenvalue weighted by molar-refractivity contribution is 5.66. The van der Waals surface area contributed by atoms with Crippen molar-refractivity contribution in [1.82, 2.24) is 0 Å². The van der Waals surface area contributed by atoms with Gasteiger partial charge in [0.25, 0.3) is 0 Å². The fraction of sp³-hybridized carbons (Fsp3) is 0.833. The Morgan fingerprint density at radius 3 is 2.39 bits per heavy atom. The van der Waals surface area contributed by atoms with Crippen LogP contribution in [0.15, 0.2) is 12.2 Å². The summed E-state index contributed by atoms with van der Waals surface area (Å²) in [5.41, 5.74) is -0.522. The lowest BCUT2D eigenvalue weighted by atomic mass is 9.59. The molecule has 0 aromatic rings. The molecule has 2 bridgehead atoms. The van der Waals surface area contributed by atoms with Crippen molar-refractivity contribution < 1.29 is 34.0 Å². The minimum atomic E-state index is -0.962. The summed E-state index contributed by atoms with van der Waals surface area (Å²) in [5, 5.41) is 22.4. The average molecular weight is 437 g/mol. The Kier molecular flexibility index (Phi) is 5.55. The van der Waals surface area contributed by atoms with Crippen molar-refractivity contribution in [2.24, 2.45) is 35.0 Å². The standard InChI is InChI=1S/C24H36O7/c1-11(2)24-8-7-23(22(31-24)30-15(6)26)10-17-12(3)18(27)9-16(17)13(4)20(29-14(5)25)19(28)21(23)24/h11,13,16-22,27-28H,3,7-10H2,1-2,4-6H3/t13-,16+,17+,18+,19+,20+,21-,22-,23+,24-/m1/s1. The van der Waals surface area contributed by atoms with Gasteiger partial charge in [-0.15, -0.1) is 0 Å². The Labute approximate surface area is 184 Å². The third kappa shape index (κ3) is 3.18. The van der Waals surface area contributed by atoms with E-state index in [4.69, 9.17) is 14.2 Å². The number of aliphatic hydroxyl groups is 2. The van der Waals surface area contributed by atoms with E-state index in [2.05, 4.69) is 20.4 Å². The molecule has 31 heavy (non-hydrogen) atoms. The Bertz CT molecular complexity index is 778. The fourth-order valence-corrected chi connectivity index (χ4v) is 7.45. The molecule has 0 aromatic heterocycles. The molecule has 0 amide bonds. The fourth-order valence-electron chi connectivity index (χ4n) is 7.45. The zero-order chi connectivity index (χ0) is 22.9. The first-order valence-corrected chi connectivity index (χ1v) is 11.5.